The molecule has 0 aromatic rings. The maximum atomic E-state index is 2.73. The quantitative estimate of drug-likeness (QED) is 0.420. The molecule has 8 atom stereocenters. The van der Waals surface area contributed by atoms with Crippen LogP contribution in [0.2, 0.25) is 0 Å². The van der Waals surface area contributed by atoms with E-state index in [-0.39, 0.29) is 0 Å². The van der Waals surface area contributed by atoms with E-state index < -0.39 is 0 Å². The number of allylic oxidation sites excluding steroid dienone is 4. The van der Waals surface area contributed by atoms with Crippen LogP contribution in [0.3, 0.4) is 0 Å². The van der Waals surface area contributed by atoms with E-state index in [1.807, 2.05) is 5.57 Å². The summed E-state index contributed by atoms with van der Waals surface area (Å²) in [7, 11) is 0. The zero-order chi connectivity index (χ0) is 20.3. The molecule has 0 saturated heterocycles. The monoisotopic (exact) mass is 382 g/mol. The molecule has 0 aromatic carbocycles. The third kappa shape index (κ3) is 3.35. The second kappa shape index (κ2) is 7.02. The van der Waals surface area contributed by atoms with Crippen LogP contribution in [-0.4, -0.2) is 0 Å². The predicted octanol–water partition coefficient (Wildman–Crippen LogP) is 8.44. The van der Waals surface area contributed by atoms with Crippen LogP contribution >= 0.6 is 0 Å². The fourth-order valence-corrected chi connectivity index (χ4v) is 8.32. The van der Waals surface area contributed by atoms with Gasteiger partial charge in [-0.25, -0.2) is 0 Å². The molecule has 0 radical (unpaired) electrons. The van der Waals surface area contributed by atoms with Crippen molar-refractivity contribution in [1.82, 2.24) is 0 Å². The Bertz CT molecular complexity index is 645. The molecule has 4 aliphatic carbocycles. The second-order valence-corrected chi connectivity index (χ2v) is 12.9. The van der Waals surface area contributed by atoms with Crippen molar-refractivity contribution in [3.63, 3.8) is 0 Å². The van der Waals surface area contributed by atoms with Crippen molar-refractivity contribution >= 4 is 0 Å². The maximum Gasteiger partial charge on any atom is -0.00851 e. The smallest absolute Gasteiger partial charge is 0.00851 e. The average molecular weight is 383 g/mol. The SMILES string of the molecule is C[C@H]1CC[C@@]2(C)C(=CC[C@H]3[C@@H]4CC[C@H]([C@H](C)/C=C/C(C)(C)C)[C@@]4(C)CC[C@@H]32)C1. The first kappa shape index (κ1) is 20.7. The van der Waals surface area contributed by atoms with Crippen molar-refractivity contribution in [2.45, 2.75) is 99.8 Å². The molecule has 0 unspecified atom stereocenters. The molecular formula is C28H46. The lowest BCUT2D eigenvalue weighted by atomic mass is 9.46. The molecule has 0 aliphatic heterocycles. The van der Waals surface area contributed by atoms with E-state index in [0.29, 0.717) is 16.2 Å². The third-order valence-electron chi connectivity index (χ3n) is 9.96. The molecule has 0 nitrogen and oxygen atoms in total. The van der Waals surface area contributed by atoms with Gasteiger partial charge in [0.1, 0.15) is 0 Å². The van der Waals surface area contributed by atoms with Gasteiger partial charge < -0.3 is 0 Å². The normalized spacial score (nSPS) is 47.2. The van der Waals surface area contributed by atoms with E-state index in [4.69, 9.17) is 0 Å². The Hall–Kier alpha value is -0.520. The largest absolute Gasteiger partial charge is 0.0849 e. The van der Waals surface area contributed by atoms with Crippen molar-refractivity contribution in [2.24, 2.45) is 51.8 Å². The summed E-state index contributed by atoms with van der Waals surface area (Å²) in [4.78, 5) is 0. The minimum absolute atomic E-state index is 0.308. The van der Waals surface area contributed by atoms with E-state index in [9.17, 15) is 0 Å². The number of hydrogen-bond acceptors (Lipinski definition) is 0. The maximum absolute atomic E-state index is 2.73. The summed E-state index contributed by atoms with van der Waals surface area (Å²) in [5.41, 5.74) is 3.27. The van der Waals surface area contributed by atoms with Gasteiger partial charge in [-0.2, -0.15) is 0 Å². The summed E-state index contributed by atoms with van der Waals surface area (Å²) in [6, 6.07) is 0. The van der Waals surface area contributed by atoms with Gasteiger partial charge in [0.15, 0.2) is 0 Å². The lowest BCUT2D eigenvalue weighted by molar-refractivity contribution is -0.0486. The first-order valence-electron chi connectivity index (χ1n) is 12.4. The molecule has 0 bridgehead atoms. The minimum atomic E-state index is 0.308. The fraction of sp³-hybridized carbons (Fsp3) is 0.857. The molecule has 0 spiro atoms. The summed E-state index contributed by atoms with van der Waals surface area (Å²) in [6.07, 6.45) is 19.4. The fourth-order valence-electron chi connectivity index (χ4n) is 8.32. The van der Waals surface area contributed by atoms with Crippen molar-refractivity contribution < 1.29 is 0 Å². The molecule has 158 valence electrons. The van der Waals surface area contributed by atoms with Gasteiger partial charge in [-0.1, -0.05) is 72.3 Å². The Kier molecular flexibility index (Phi) is 5.20. The highest BCUT2D eigenvalue weighted by Gasteiger charge is 2.58. The van der Waals surface area contributed by atoms with Gasteiger partial charge in [0, 0.05) is 0 Å². The Morgan fingerprint density at radius 1 is 1.04 bits per heavy atom. The van der Waals surface area contributed by atoms with Crippen LogP contribution in [-0.2, 0) is 0 Å². The van der Waals surface area contributed by atoms with Gasteiger partial charge >= 0.3 is 0 Å². The molecule has 0 aromatic heterocycles. The molecule has 3 fully saturated rings. The zero-order valence-electron chi connectivity index (χ0n) is 19.9. The molecule has 0 heteroatoms. The highest BCUT2D eigenvalue weighted by Crippen LogP contribution is 2.67. The lowest BCUT2D eigenvalue weighted by Gasteiger charge is -2.58. The molecule has 0 heterocycles. The Morgan fingerprint density at radius 2 is 1.79 bits per heavy atom. The Morgan fingerprint density at radius 3 is 2.50 bits per heavy atom. The Balaban J connectivity index is 1.56. The van der Waals surface area contributed by atoms with E-state index in [1.165, 1.54) is 51.4 Å². The summed E-state index contributed by atoms with van der Waals surface area (Å²) in [6.45, 7) is 17.3. The summed E-state index contributed by atoms with van der Waals surface area (Å²) in [5.74, 6) is 5.43. The highest BCUT2D eigenvalue weighted by molar-refractivity contribution is 5.25. The summed E-state index contributed by atoms with van der Waals surface area (Å²) in [5, 5.41) is 0. The van der Waals surface area contributed by atoms with Crippen molar-refractivity contribution in [3.8, 4) is 0 Å². The molecule has 4 rings (SSSR count). The molecule has 4 aliphatic rings. The van der Waals surface area contributed by atoms with Gasteiger partial charge in [-0.05, 0) is 103 Å². The van der Waals surface area contributed by atoms with E-state index in [1.54, 1.807) is 0 Å². The summed E-state index contributed by atoms with van der Waals surface area (Å²) < 4.78 is 0. The Labute approximate surface area is 175 Å². The highest BCUT2D eigenvalue weighted by atomic mass is 14.6. The van der Waals surface area contributed by atoms with Crippen LogP contribution in [0.15, 0.2) is 23.8 Å². The molecule has 0 amide bonds. The number of hydrogen-bond donors (Lipinski definition) is 0. The van der Waals surface area contributed by atoms with Crippen LogP contribution in [0.1, 0.15) is 99.8 Å². The van der Waals surface area contributed by atoms with Gasteiger partial charge in [-0.15, -0.1) is 0 Å². The average Bonchev–Trinajstić information content (AvgIpc) is 2.97. The molecule has 28 heavy (non-hydrogen) atoms. The number of rotatable bonds is 2. The molecule has 0 N–H and O–H groups in total. The molecule has 3 saturated carbocycles. The van der Waals surface area contributed by atoms with Crippen LogP contribution in [0.5, 0.6) is 0 Å². The van der Waals surface area contributed by atoms with E-state index >= 15 is 0 Å². The van der Waals surface area contributed by atoms with E-state index in [0.717, 1.165) is 35.5 Å². The van der Waals surface area contributed by atoms with Crippen LogP contribution in [0.25, 0.3) is 0 Å². The lowest BCUT2D eigenvalue weighted by Crippen LogP contribution is -2.50. The second-order valence-electron chi connectivity index (χ2n) is 12.9. The van der Waals surface area contributed by atoms with Crippen molar-refractivity contribution in [3.05, 3.63) is 23.8 Å². The molecular weight excluding hydrogens is 336 g/mol. The minimum Gasteiger partial charge on any atom is -0.0849 e. The topological polar surface area (TPSA) is 0 Å². The predicted molar refractivity (Wildman–Crippen MR) is 122 cm³/mol. The van der Waals surface area contributed by atoms with Crippen LogP contribution < -0.4 is 0 Å². The number of fused-ring (bicyclic) bond motifs is 5. The first-order chi connectivity index (χ1) is 13.0. The first-order valence-corrected chi connectivity index (χ1v) is 12.4. The van der Waals surface area contributed by atoms with Gasteiger partial charge in [0.05, 0.1) is 0 Å². The van der Waals surface area contributed by atoms with Crippen LogP contribution in [0, 0.1) is 51.8 Å². The van der Waals surface area contributed by atoms with Gasteiger partial charge in [-0.3, -0.25) is 0 Å². The standard InChI is InChI=1S/C28H46/c1-19-12-16-27(6)21(18-19)8-9-22-24-11-10-23(20(2)13-15-26(3,4)5)28(24,7)17-14-25(22)27/h8,13,15,19-20,22-25H,9-12,14,16-18H2,1-7H3/b15-13+/t19-,20+,22-,23+,24-,25-,27-,28+/m0/s1. The van der Waals surface area contributed by atoms with Crippen molar-refractivity contribution in [2.75, 3.05) is 0 Å². The van der Waals surface area contributed by atoms with E-state index in [2.05, 4.69) is 66.7 Å². The zero-order valence-corrected chi connectivity index (χ0v) is 19.9. The summed E-state index contributed by atoms with van der Waals surface area (Å²) >= 11 is 0. The third-order valence-corrected chi connectivity index (χ3v) is 9.96. The van der Waals surface area contributed by atoms with Crippen molar-refractivity contribution in [1.29, 1.82) is 0 Å². The van der Waals surface area contributed by atoms with Gasteiger partial charge in [0.2, 0.25) is 0 Å². The van der Waals surface area contributed by atoms with Crippen LogP contribution in [0.4, 0.5) is 0 Å². The van der Waals surface area contributed by atoms with Gasteiger partial charge in [0.25, 0.3) is 0 Å².